The van der Waals surface area contributed by atoms with Crippen LogP contribution in [0, 0.1) is 12.8 Å². The Morgan fingerprint density at radius 2 is 2.08 bits per heavy atom. The van der Waals surface area contributed by atoms with Gasteiger partial charge in [-0.25, -0.2) is 0 Å². The molecule has 1 amide bonds. The Morgan fingerprint density at radius 3 is 2.84 bits per heavy atom. The number of carbonyl (C=O) groups excluding carboxylic acids is 1. The van der Waals surface area contributed by atoms with E-state index in [2.05, 4.69) is 48.4 Å². The van der Waals surface area contributed by atoms with Gasteiger partial charge < -0.3 is 10.2 Å². The predicted molar refractivity (Wildman–Crippen MR) is 101 cm³/mol. The van der Waals surface area contributed by atoms with Crippen LogP contribution in [0.2, 0.25) is 0 Å². The normalized spacial score (nSPS) is 18.0. The highest BCUT2D eigenvalue weighted by Gasteiger charge is 2.31. The molecule has 0 radical (unpaired) electrons. The Bertz CT molecular complexity index is 797. The summed E-state index contributed by atoms with van der Waals surface area (Å²) in [5.74, 6) is 0.987. The molecular weight excluding hydrogens is 310 g/mol. The molecule has 1 fully saturated rings. The first kappa shape index (κ1) is 16.1. The summed E-state index contributed by atoms with van der Waals surface area (Å²) < 4.78 is 0. The van der Waals surface area contributed by atoms with Crippen LogP contribution in [0.25, 0.3) is 0 Å². The van der Waals surface area contributed by atoms with Crippen molar-refractivity contribution >= 4 is 17.3 Å². The van der Waals surface area contributed by atoms with E-state index < -0.39 is 0 Å². The summed E-state index contributed by atoms with van der Waals surface area (Å²) in [6.07, 6.45) is 7.78. The lowest BCUT2D eigenvalue weighted by molar-refractivity contribution is -0.118. The van der Waals surface area contributed by atoms with Crippen LogP contribution >= 0.6 is 0 Å². The minimum atomic E-state index is 0.193. The lowest BCUT2D eigenvalue weighted by Gasteiger charge is -2.30. The van der Waals surface area contributed by atoms with Crippen LogP contribution in [0.1, 0.15) is 48.9 Å². The number of pyridine rings is 1. The molecule has 1 unspecified atom stereocenters. The summed E-state index contributed by atoms with van der Waals surface area (Å²) in [7, 11) is 0. The molecule has 130 valence electrons. The topological polar surface area (TPSA) is 45.2 Å². The standard InChI is InChI=1S/C21H25N3O/c1-14-9-18(12-22-11-14)15(2)23-19-6-7-20-17(10-19)5-8-21(25)24(20)13-16-3-4-16/h6-7,9-12,15-16,23H,3-5,8,13H2,1-2H3. The fraction of sp³-hybridized carbons (Fsp3) is 0.429. The fourth-order valence-electron chi connectivity index (χ4n) is 3.56. The minimum Gasteiger partial charge on any atom is -0.378 e. The highest BCUT2D eigenvalue weighted by atomic mass is 16.2. The highest BCUT2D eigenvalue weighted by molar-refractivity contribution is 5.96. The second kappa shape index (κ2) is 6.51. The molecule has 1 aliphatic heterocycles. The first-order valence-corrected chi connectivity index (χ1v) is 9.21. The van der Waals surface area contributed by atoms with Gasteiger partial charge in [0.15, 0.2) is 0 Å². The second-order valence-electron chi connectivity index (χ2n) is 7.45. The van der Waals surface area contributed by atoms with Crippen molar-refractivity contribution in [1.29, 1.82) is 0 Å². The SMILES string of the molecule is Cc1cncc(C(C)Nc2ccc3c(c2)CCC(=O)N3CC2CC2)c1. The molecule has 2 aromatic rings. The molecule has 25 heavy (non-hydrogen) atoms. The molecule has 2 aliphatic rings. The number of fused-ring (bicyclic) bond motifs is 1. The lowest BCUT2D eigenvalue weighted by Crippen LogP contribution is -2.36. The third-order valence-electron chi connectivity index (χ3n) is 5.20. The van der Waals surface area contributed by atoms with Crippen LogP contribution in [0.15, 0.2) is 36.7 Å². The monoisotopic (exact) mass is 335 g/mol. The number of anilines is 2. The van der Waals surface area contributed by atoms with E-state index in [1.807, 2.05) is 17.3 Å². The van der Waals surface area contributed by atoms with Crippen LogP contribution in [-0.4, -0.2) is 17.4 Å². The van der Waals surface area contributed by atoms with Crippen molar-refractivity contribution in [2.24, 2.45) is 5.92 Å². The number of hydrogen-bond acceptors (Lipinski definition) is 3. The van der Waals surface area contributed by atoms with E-state index in [9.17, 15) is 4.79 Å². The van der Waals surface area contributed by atoms with Gasteiger partial charge in [-0.2, -0.15) is 0 Å². The molecule has 2 heterocycles. The average Bonchev–Trinajstić information content (AvgIpc) is 3.41. The number of aromatic nitrogens is 1. The summed E-state index contributed by atoms with van der Waals surface area (Å²) >= 11 is 0. The fourth-order valence-corrected chi connectivity index (χ4v) is 3.56. The molecule has 4 nitrogen and oxygen atoms in total. The summed E-state index contributed by atoms with van der Waals surface area (Å²) in [6.45, 7) is 5.11. The van der Waals surface area contributed by atoms with Crippen molar-refractivity contribution in [3.63, 3.8) is 0 Å². The van der Waals surface area contributed by atoms with Gasteiger partial charge in [-0.05, 0) is 73.9 Å². The van der Waals surface area contributed by atoms with E-state index in [0.29, 0.717) is 12.3 Å². The van der Waals surface area contributed by atoms with E-state index in [1.165, 1.54) is 29.5 Å². The van der Waals surface area contributed by atoms with Crippen molar-refractivity contribution < 1.29 is 4.79 Å². The van der Waals surface area contributed by atoms with Crippen molar-refractivity contribution in [2.75, 3.05) is 16.8 Å². The number of aryl methyl sites for hydroxylation is 2. The Morgan fingerprint density at radius 1 is 1.24 bits per heavy atom. The van der Waals surface area contributed by atoms with E-state index >= 15 is 0 Å². The van der Waals surface area contributed by atoms with Crippen molar-refractivity contribution in [2.45, 2.75) is 45.6 Å². The lowest BCUT2D eigenvalue weighted by atomic mass is 9.99. The highest BCUT2D eigenvalue weighted by Crippen LogP contribution is 2.36. The molecule has 1 aromatic carbocycles. The number of amides is 1. The van der Waals surface area contributed by atoms with Gasteiger partial charge in [0.05, 0.1) is 6.04 Å². The Kier molecular flexibility index (Phi) is 4.20. The van der Waals surface area contributed by atoms with Gasteiger partial charge in [0, 0.05) is 36.7 Å². The van der Waals surface area contributed by atoms with E-state index in [4.69, 9.17) is 0 Å². The second-order valence-corrected chi connectivity index (χ2v) is 7.45. The summed E-state index contributed by atoms with van der Waals surface area (Å²) in [5.41, 5.74) is 5.85. The van der Waals surface area contributed by atoms with E-state index in [0.717, 1.165) is 24.3 Å². The van der Waals surface area contributed by atoms with Crippen LogP contribution in [-0.2, 0) is 11.2 Å². The average molecular weight is 335 g/mol. The van der Waals surface area contributed by atoms with E-state index in [-0.39, 0.29) is 11.9 Å². The Hall–Kier alpha value is -2.36. The van der Waals surface area contributed by atoms with Crippen molar-refractivity contribution in [3.05, 3.63) is 53.3 Å². The van der Waals surface area contributed by atoms with Crippen LogP contribution in [0.5, 0.6) is 0 Å². The maximum atomic E-state index is 12.3. The van der Waals surface area contributed by atoms with Gasteiger partial charge >= 0.3 is 0 Å². The van der Waals surface area contributed by atoms with Gasteiger partial charge in [0.1, 0.15) is 0 Å². The summed E-state index contributed by atoms with van der Waals surface area (Å²) in [6, 6.07) is 8.77. The third-order valence-corrected chi connectivity index (χ3v) is 5.20. The van der Waals surface area contributed by atoms with Gasteiger partial charge in [0.2, 0.25) is 5.91 Å². The van der Waals surface area contributed by atoms with Gasteiger partial charge in [-0.1, -0.05) is 6.07 Å². The summed E-state index contributed by atoms with van der Waals surface area (Å²) in [5, 5.41) is 3.57. The van der Waals surface area contributed by atoms with Gasteiger partial charge in [-0.15, -0.1) is 0 Å². The first-order valence-electron chi connectivity index (χ1n) is 9.21. The third kappa shape index (κ3) is 3.53. The quantitative estimate of drug-likeness (QED) is 0.888. The maximum absolute atomic E-state index is 12.3. The van der Waals surface area contributed by atoms with Crippen molar-refractivity contribution in [3.8, 4) is 0 Å². The molecule has 1 aromatic heterocycles. The molecule has 4 heteroatoms. The van der Waals surface area contributed by atoms with Gasteiger partial charge in [-0.3, -0.25) is 9.78 Å². The van der Waals surface area contributed by atoms with Crippen LogP contribution < -0.4 is 10.2 Å². The number of nitrogens with zero attached hydrogens (tertiary/aromatic N) is 2. The zero-order chi connectivity index (χ0) is 17.4. The molecule has 1 aliphatic carbocycles. The molecule has 4 rings (SSSR count). The molecule has 1 saturated carbocycles. The predicted octanol–water partition coefficient (Wildman–Crippen LogP) is 4.25. The molecular formula is C21H25N3O. The number of benzene rings is 1. The molecule has 0 spiro atoms. The summed E-state index contributed by atoms with van der Waals surface area (Å²) in [4.78, 5) is 18.6. The number of nitrogens with one attached hydrogen (secondary N) is 1. The van der Waals surface area contributed by atoms with E-state index in [1.54, 1.807) is 0 Å². The molecule has 0 saturated heterocycles. The molecule has 1 atom stereocenters. The molecule has 1 N–H and O–H groups in total. The molecule has 0 bridgehead atoms. The smallest absolute Gasteiger partial charge is 0.227 e. The zero-order valence-electron chi connectivity index (χ0n) is 15.0. The van der Waals surface area contributed by atoms with Crippen LogP contribution in [0.4, 0.5) is 11.4 Å². The number of hydrogen-bond donors (Lipinski definition) is 1. The van der Waals surface area contributed by atoms with Gasteiger partial charge in [0.25, 0.3) is 0 Å². The Balaban J connectivity index is 1.53. The van der Waals surface area contributed by atoms with Crippen molar-refractivity contribution in [1.82, 2.24) is 4.98 Å². The minimum absolute atomic E-state index is 0.193. The number of rotatable bonds is 5. The van der Waals surface area contributed by atoms with Crippen LogP contribution in [0.3, 0.4) is 0 Å². The first-order chi connectivity index (χ1) is 12.1. The largest absolute Gasteiger partial charge is 0.378 e. The zero-order valence-corrected chi connectivity index (χ0v) is 15.0. The number of carbonyl (C=O) groups is 1. The Labute approximate surface area is 149 Å². The maximum Gasteiger partial charge on any atom is 0.227 e.